The first-order valence-electron chi connectivity index (χ1n) is 8.87. The van der Waals surface area contributed by atoms with Crippen molar-refractivity contribution in [2.45, 2.75) is 63.0 Å². The number of benzene rings is 1. The van der Waals surface area contributed by atoms with Crippen LogP contribution in [-0.2, 0) is 0 Å². The summed E-state index contributed by atoms with van der Waals surface area (Å²) in [6.07, 6.45) is 2.31. The van der Waals surface area contributed by atoms with Gasteiger partial charge < -0.3 is 15.2 Å². The Morgan fingerprint density at radius 1 is 1.25 bits per heavy atom. The molecule has 2 heterocycles. The highest BCUT2D eigenvalue weighted by atomic mass is 35.5. The maximum Gasteiger partial charge on any atom is 0.166 e. The summed E-state index contributed by atoms with van der Waals surface area (Å²) in [6, 6.07) is 5.07. The van der Waals surface area contributed by atoms with Crippen molar-refractivity contribution in [3.05, 3.63) is 17.2 Å². The summed E-state index contributed by atoms with van der Waals surface area (Å²) >= 11 is 8.41. The molecule has 1 aromatic carbocycles. The van der Waals surface area contributed by atoms with Gasteiger partial charge in [-0.25, -0.2) is 4.98 Å². The predicted octanol–water partition coefficient (Wildman–Crippen LogP) is 4.68. The highest BCUT2D eigenvalue weighted by Gasteiger charge is 2.23. The number of rotatable bonds is 5. The molecular formula is C18H27ClN4S. The lowest BCUT2D eigenvalue weighted by Gasteiger charge is -2.38. The number of anilines is 1. The quantitative estimate of drug-likeness (QED) is 0.754. The number of nitrogens with zero attached hydrogens (tertiary/aromatic N) is 2. The minimum atomic E-state index is 0.459. The second kappa shape index (κ2) is 7.54. The van der Waals surface area contributed by atoms with Crippen molar-refractivity contribution in [2.75, 3.05) is 18.0 Å². The van der Waals surface area contributed by atoms with E-state index in [-0.39, 0.29) is 0 Å². The van der Waals surface area contributed by atoms with Crippen LogP contribution in [0.15, 0.2) is 17.3 Å². The number of hydrogen-bond donors (Lipinski definition) is 2. The van der Waals surface area contributed by atoms with Crippen LogP contribution in [-0.4, -0.2) is 40.4 Å². The van der Waals surface area contributed by atoms with E-state index in [4.69, 9.17) is 16.6 Å². The number of H-pyrrole nitrogens is 1. The van der Waals surface area contributed by atoms with Crippen molar-refractivity contribution in [1.29, 1.82) is 0 Å². The molecule has 0 radical (unpaired) electrons. The lowest BCUT2D eigenvalue weighted by molar-refractivity contribution is 0.407. The zero-order valence-corrected chi connectivity index (χ0v) is 16.5. The molecule has 1 aliphatic rings. The Kier molecular flexibility index (Phi) is 5.63. The molecule has 0 spiro atoms. The fourth-order valence-electron chi connectivity index (χ4n) is 3.43. The number of nitrogens with one attached hydrogen (secondary N) is 2. The Hall–Kier alpha value is -0.910. The maximum absolute atomic E-state index is 6.58. The Morgan fingerprint density at radius 3 is 2.54 bits per heavy atom. The summed E-state index contributed by atoms with van der Waals surface area (Å²) < 4.78 is 0. The molecule has 0 amide bonds. The fourth-order valence-corrected chi connectivity index (χ4v) is 4.68. The van der Waals surface area contributed by atoms with E-state index in [2.05, 4.69) is 49.0 Å². The van der Waals surface area contributed by atoms with E-state index in [0.717, 1.165) is 52.8 Å². The van der Waals surface area contributed by atoms with Crippen LogP contribution in [0.4, 0.5) is 5.69 Å². The van der Waals surface area contributed by atoms with Crippen LogP contribution in [0, 0.1) is 0 Å². The molecule has 6 heteroatoms. The monoisotopic (exact) mass is 366 g/mol. The first-order valence-corrected chi connectivity index (χ1v) is 10.1. The lowest BCUT2D eigenvalue weighted by Crippen LogP contribution is -2.54. The van der Waals surface area contributed by atoms with Crippen molar-refractivity contribution in [1.82, 2.24) is 15.3 Å². The average molecular weight is 367 g/mol. The van der Waals surface area contributed by atoms with Crippen molar-refractivity contribution < 1.29 is 0 Å². The minimum Gasteiger partial charge on any atom is -0.367 e. The molecule has 2 atom stereocenters. The van der Waals surface area contributed by atoms with Crippen LogP contribution in [0.2, 0.25) is 5.02 Å². The summed E-state index contributed by atoms with van der Waals surface area (Å²) in [5.74, 6) is 0. The summed E-state index contributed by atoms with van der Waals surface area (Å²) in [4.78, 5) is 10.6. The maximum atomic E-state index is 6.58. The smallest absolute Gasteiger partial charge is 0.166 e. The highest BCUT2D eigenvalue weighted by molar-refractivity contribution is 7.99. The Morgan fingerprint density at radius 2 is 1.92 bits per heavy atom. The number of imidazole rings is 1. The van der Waals surface area contributed by atoms with E-state index in [1.54, 1.807) is 0 Å². The molecule has 0 aliphatic carbocycles. The molecule has 132 valence electrons. The van der Waals surface area contributed by atoms with Gasteiger partial charge in [-0.3, -0.25) is 0 Å². The lowest BCUT2D eigenvalue weighted by atomic mass is 10.1. The van der Waals surface area contributed by atoms with Crippen LogP contribution < -0.4 is 10.2 Å². The number of halogens is 1. The molecule has 1 aromatic heterocycles. The molecule has 2 unspecified atom stereocenters. The summed E-state index contributed by atoms with van der Waals surface area (Å²) in [6.45, 7) is 10.8. The van der Waals surface area contributed by atoms with Crippen molar-refractivity contribution in [3.8, 4) is 0 Å². The van der Waals surface area contributed by atoms with E-state index in [9.17, 15) is 0 Å². The molecular weight excluding hydrogens is 340 g/mol. The van der Waals surface area contributed by atoms with Crippen molar-refractivity contribution in [3.63, 3.8) is 0 Å². The predicted molar refractivity (Wildman–Crippen MR) is 106 cm³/mol. The minimum absolute atomic E-state index is 0.459. The molecule has 0 saturated carbocycles. The third-order valence-electron chi connectivity index (χ3n) is 4.62. The van der Waals surface area contributed by atoms with Gasteiger partial charge in [-0.2, -0.15) is 0 Å². The van der Waals surface area contributed by atoms with E-state index >= 15 is 0 Å². The standard InChI is InChI=1S/C18H27ClN4S/c1-5-13(6-2)24-18-21-15-7-14(19)17(8-16(15)22-18)23-9-11(3)20-12(4)10-23/h7-8,11-13,20H,5-6,9-10H2,1-4H3,(H,21,22). The number of aromatic amines is 1. The molecule has 24 heavy (non-hydrogen) atoms. The van der Waals surface area contributed by atoms with Crippen LogP contribution in [0.25, 0.3) is 11.0 Å². The second-order valence-electron chi connectivity index (χ2n) is 6.79. The molecule has 1 aliphatic heterocycles. The number of thioether (sulfide) groups is 1. The molecule has 3 rings (SSSR count). The van der Waals surface area contributed by atoms with Gasteiger partial charge in [0.2, 0.25) is 0 Å². The Balaban J connectivity index is 1.89. The number of fused-ring (bicyclic) bond motifs is 1. The fraction of sp³-hybridized carbons (Fsp3) is 0.611. The number of piperazine rings is 1. The van der Waals surface area contributed by atoms with Crippen LogP contribution in [0.5, 0.6) is 0 Å². The van der Waals surface area contributed by atoms with Crippen molar-refractivity contribution >= 4 is 40.1 Å². The highest BCUT2D eigenvalue weighted by Crippen LogP contribution is 2.33. The summed E-state index contributed by atoms with van der Waals surface area (Å²) in [5, 5.41) is 5.96. The summed E-state index contributed by atoms with van der Waals surface area (Å²) in [5.41, 5.74) is 3.12. The normalized spacial score (nSPS) is 21.8. The largest absolute Gasteiger partial charge is 0.367 e. The first-order chi connectivity index (χ1) is 11.5. The Bertz CT molecular complexity index is 688. The van der Waals surface area contributed by atoms with Crippen molar-refractivity contribution in [2.24, 2.45) is 0 Å². The molecule has 4 nitrogen and oxygen atoms in total. The Labute approximate surface area is 153 Å². The molecule has 0 bridgehead atoms. The second-order valence-corrected chi connectivity index (χ2v) is 8.49. The van der Waals surface area contributed by atoms with Gasteiger partial charge in [0, 0.05) is 30.4 Å². The molecule has 1 fully saturated rings. The molecule has 2 N–H and O–H groups in total. The van der Waals surface area contributed by atoms with Crippen LogP contribution >= 0.6 is 23.4 Å². The van der Waals surface area contributed by atoms with Gasteiger partial charge >= 0.3 is 0 Å². The van der Waals surface area contributed by atoms with Gasteiger partial charge in [0.15, 0.2) is 5.16 Å². The van der Waals surface area contributed by atoms with Gasteiger partial charge in [0.25, 0.3) is 0 Å². The average Bonchev–Trinajstić information content (AvgIpc) is 2.92. The van der Waals surface area contributed by atoms with Gasteiger partial charge in [-0.15, -0.1) is 0 Å². The van der Waals surface area contributed by atoms with Crippen LogP contribution in [0.1, 0.15) is 40.5 Å². The third-order valence-corrected chi connectivity index (χ3v) is 6.34. The van der Waals surface area contributed by atoms with Crippen LogP contribution in [0.3, 0.4) is 0 Å². The molecule has 2 aromatic rings. The number of aromatic nitrogens is 2. The zero-order valence-electron chi connectivity index (χ0n) is 14.9. The van der Waals surface area contributed by atoms with E-state index in [0.29, 0.717) is 17.3 Å². The number of hydrogen-bond acceptors (Lipinski definition) is 4. The van der Waals surface area contributed by atoms with E-state index < -0.39 is 0 Å². The van der Waals surface area contributed by atoms with E-state index in [1.807, 2.05) is 17.8 Å². The SMILES string of the molecule is CCC(CC)Sc1nc2cc(N3CC(C)NC(C)C3)c(Cl)cc2[nH]1. The van der Waals surface area contributed by atoms with Gasteiger partial charge in [-0.05, 0) is 38.8 Å². The third kappa shape index (κ3) is 3.84. The van der Waals surface area contributed by atoms with Gasteiger partial charge in [-0.1, -0.05) is 37.2 Å². The zero-order chi connectivity index (χ0) is 17.3. The first kappa shape index (κ1) is 17.9. The van der Waals surface area contributed by atoms with Gasteiger partial charge in [0.05, 0.1) is 21.7 Å². The van der Waals surface area contributed by atoms with E-state index in [1.165, 1.54) is 0 Å². The van der Waals surface area contributed by atoms with Gasteiger partial charge in [0.1, 0.15) is 0 Å². The summed E-state index contributed by atoms with van der Waals surface area (Å²) in [7, 11) is 0. The molecule has 1 saturated heterocycles. The topological polar surface area (TPSA) is 44.0 Å².